The van der Waals surface area contributed by atoms with Crippen molar-refractivity contribution >= 4 is 11.6 Å². The van der Waals surface area contributed by atoms with E-state index in [1.807, 2.05) is 24.3 Å². The molecule has 3 rings (SSSR count). The number of guanidine groups is 1. The van der Waals surface area contributed by atoms with Crippen molar-refractivity contribution < 1.29 is 14.6 Å². The SMILES string of the molecule is CN=C(NCc1cc(OC)ccc1O)NC1CCN(c2ccccc2OC)C1. The zero-order chi connectivity index (χ0) is 19.9. The summed E-state index contributed by atoms with van der Waals surface area (Å²) in [6.45, 7) is 2.27. The normalized spacial score (nSPS) is 16.8. The van der Waals surface area contributed by atoms with Crippen molar-refractivity contribution in [3.05, 3.63) is 48.0 Å². The van der Waals surface area contributed by atoms with Gasteiger partial charge in [-0.2, -0.15) is 0 Å². The number of phenolic OH excluding ortho intramolecular Hbond substituents is 1. The lowest BCUT2D eigenvalue weighted by Gasteiger charge is -2.22. The van der Waals surface area contributed by atoms with E-state index in [-0.39, 0.29) is 11.8 Å². The van der Waals surface area contributed by atoms with Gasteiger partial charge in [0.1, 0.15) is 17.2 Å². The Labute approximate surface area is 166 Å². The van der Waals surface area contributed by atoms with Gasteiger partial charge in [0.05, 0.1) is 19.9 Å². The molecule has 0 aromatic heterocycles. The predicted molar refractivity (Wildman–Crippen MR) is 112 cm³/mol. The molecule has 2 aromatic carbocycles. The highest BCUT2D eigenvalue weighted by atomic mass is 16.5. The highest BCUT2D eigenvalue weighted by Crippen LogP contribution is 2.30. The van der Waals surface area contributed by atoms with Gasteiger partial charge in [0.15, 0.2) is 5.96 Å². The van der Waals surface area contributed by atoms with Gasteiger partial charge >= 0.3 is 0 Å². The van der Waals surface area contributed by atoms with Gasteiger partial charge in [0.2, 0.25) is 0 Å². The molecule has 7 nitrogen and oxygen atoms in total. The Morgan fingerprint density at radius 3 is 2.79 bits per heavy atom. The van der Waals surface area contributed by atoms with E-state index in [9.17, 15) is 5.11 Å². The monoisotopic (exact) mass is 384 g/mol. The first-order valence-electron chi connectivity index (χ1n) is 9.35. The number of ether oxygens (including phenoxy) is 2. The van der Waals surface area contributed by atoms with Gasteiger partial charge in [-0.1, -0.05) is 12.1 Å². The summed E-state index contributed by atoms with van der Waals surface area (Å²) in [6.07, 6.45) is 1.00. The molecule has 1 saturated heterocycles. The van der Waals surface area contributed by atoms with Crippen LogP contribution in [-0.4, -0.2) is 51.5 Å². The van der Waals surface area contributed by atoms with Gasteiger partial charge in [0, 0.05) is 38.3 Å². The lowest BCUT2D eigenvalue weighted by atomic mass is 10.2. The first-order valence-corrected chi connectivity index (χ1v) is 9.35. The van der Waals surface area contributed by atoms with E-state index in [0.717, 1.165) is 36.5 Å². The summed E-state index contributed by atoms with van der Waals surface area (Å²) in [4.78, 5) is 6.63. The molecule has 1 heterocycles. The quantitative estimate of drug-likeness (QED) is 0.524. The average Bonchev–Trinajstić information content (AvgIpc) is 3.20. The molecule has 0 spiro atoms. The van der Waals surface area contributed by atoms with E-state index in [1.165, 1.54) is 0 Å². The molecule has 7 heteroatoms. The van der Waals surface area contributed by atoms with Crippen LogP contribution in [0.15, 0.2) is 47.5 Å². The minimum atomic E-state index is 0.229. The lowest BCUT2D eigenvalue weighted by molar-refractivity contribution is 0.410. The molecule has 1 aliphatic rings. The Morgan fingerprint density at radius 2 is 2.04 bits per heavy atom. The Hall–Kier alpha value is -3.09. The Morgan fingerprint density at radius 1 is 1.21 bits per heavy atom. The topological polar surface area (TPSA) is 78.4 Å². The number of phenols is 1. The first kappa shape index (κ1) is 19.7. The third kappa shape index (κ3) is 4.60. The van der Waals surface area contributed by atoms with Crippen molar-refractivity contribution in [2.75, 3.05) is 39.3 Å². The number of nitrogens with one attached hydrogen (secondary N) is 2. The van der Waals surface area contributed by atoms with Crippen molar-refractivity contribution in [3.8, 4) is 17.2 Å². The van der Waals surface area contributed by atoms with E-state index in [0.29, 0.717) is 18.3 Å². The number of benzene rings is 2. The van der Waals surface area contributed by atoms with Crippen LogP contribution >= 0.6 is 0 Å². The molecule has 0 saturated carbocycles. The fourth-order valence-corrected chi connectivity index (χ4v) is 3.39. The second-order valence-corrected chi connectivity index (χ2v) is 6.67. The summed E-state index contributed by atoms with van der Waals surface area (Å²) in [7, 11) is 5.05. The van der Waals surface area contributed by atoms with Gasteiger partial charge in [-0.3, -0.25) is 4.99 Å². The average molecular weight is 384 g/mol. The van der Waals surface area contributed by atoms with Crippen LogP contribution < -0.4 is 25.0 Å². The molecular formula is C21H28N4O3. The number of aromatic hydroxyl groups is 1. The lowest BCUT2D eigenvalue weighted by Crippen LogP contribution is -2.44. The van der Waals surface area contributed by atoms with Crippen LogP contribution in [0.4, 0.5) is 5.69 Å². The second-order valence-electron chi connectivity index (χ2n) is 6.67. The van der Waals surface area contributed by atoms with Crippen molar-refractivity contribution in [1.29, 1.82) is 0 Å². The minimum Gasteiger partial charge on any atom is -0.508 e. The Balaban J connectivity index is 1.57. The number of hydrogen-bond donors (Lipinski definition) is 3. The molecule has 0 bridgehead atoms. The summed E-state index contributed by atoms with van der Waals surface area (Å²) in [6, 6.07) is 13.5. The molecule has 1 atom stereocenters. The van der Waals surface area contributed by atoms with Gasteiger partial charge in [-0.25, -0.2) is 0 Å². The molecule has 1 fully saturated rings. The molecule has 0 aliphatic carbocycles. The van der Waals surface area contributed by atoms with Crippen LogP contribution in [0.2, 0.25) is 0 Å². The number of nitrogens with zero attached hydrogens (tertiary/aromatic N) is 2. The maximum Gasteiger partial charge on any atom is 0.191 e. The van der Waals surface area contributed by atoms with Gasteiger partial charge in [0.25, 0.3) is 0 Å². The van der Waals surface area contributed by atoms with E-state index in [2.05, 4.69) is 26.6 Å². The maximum absolute atomic E-state index is 10.0. The molecule has 28 heavy (non-hydrogen) atoms. The summed E-state index contributed by atoms with van der Waals surface area (Å²) in [5.41, 5.74) is 1.86. The van der Waals surface area contributed by atoms with Crippen molar-refractivity contribution in [2.45, 2.75) is 19.0 Å². The summed E-state index contributed by atoms with van der Waals surface area (Å²) >= 11 is 0. The summed E-state index contributed by atoms with van der Waals surface area (Å²) in [5, 5.41) is 16.8. The summed E-state index contributed by atoms with van der Waals surface area (Å²) in [5.74, 6) is 2.53. The molecule has 0 radical (unpaired) electrons. The smallest absolute Gasteiger partial charge is 0.191 e. The first-order chi connectivity index (χ1) is 13.6. The molecule has 1 aliphatic heterocycles. The van der Waals surface area contributed by atoms with Crippen LogP contribution in [0, 0.1) is 0 Å². The number of hydrogen-bond acceptors (Lipinski definition) is 5. The van der Waals surface area contributed by atoms with Crippen LogP contribution in [0.25, 0.3) is 0 Å². The van der Waals surface area contributed by atoms with E-state index >= 15 is 0 Å². The largest absolute Gasteiger partial charge is 0.508 e. The second kappa shape index (κ2) is 9.21. The third-order valence-corrected chi connectivity index (χ3v) is 4.91. The van der Waals surface area contributed by atoms with Crippen LogP contribution in [-0.2, 0) is 6.54 Å². The fourth-order valence-electron chi connectivity index (χ4n) is 3.39. The number of rotatable bonds is 6. The molecule has 150 valence electrons. The predicted octanol–water partition coefficient (Wildman–Crippen LogP) is 2.35. The Bertz CT molecular complexity index is 825. The highest BCUT2D eigenvalue weighted by Gasteiger charge is 2.25. The molecule has 3 N–H and O–H groups in total. The highest BCUT2D eigenvalue weighted by molar-refractivity contribution is 5.80. The van der Waals surface area contributed by atoms with Crippen molar-refractivity contribution in [1.82, 2.24) is 10.6 Å². The molecule has 2 aromatic rings. The third-order valence-electron chi connectivity index (χ3n) is 4.91. The standard InChI is InChI=1S/C21H28N4O3/c1-22-21(23-13-15-12-17(27-2)8-9-19(15)26)24-16-10-11-25(14-16)18-6-4-5-7-20(18)28-3/h4-9,12,16,26H,10-11,13-14H2,1-3H3,(H2,22,23,24). The van der Waals surface area contributed by atoms with Crippen LogP contribution in [0.5, 0.6) is 17.2 Å². The van der Waals surface area contributed by atoms with Crippen molar-refractivity contribution in [3.63, 3.8) is 0 Å². The fraction of sp³-hybridized carbons (Fsp3) is 0.381. The van der Waals surface area contributed by atoms with E-state index < -0.39 is 0 Å². The molecule has 1 unspecified atom stereocenters. The van der Waals surface area contributed by atoms with Gasteiger partial charge < -0.3 is 30.1 Å². The molecule has 0 amide bonds. The maximum atomic E-state index is 10.0. The van der Waals surface area contributed by atoms with Crippen molar-refractivity contribution in [2.24, 2.45) is 4.99 Å². The van der Waals surface area contributed by atoms with Gasteiger partial charge in [-0.15, -0.1) is 0 Å². The zero-order valence-corrected chi connectivity index (χ0v) is 16.6. The number of anilines is 1. The summed E-state index contributed by atoms with van der Waals surface area (Å²) < 4.78 is 10.7. The Kier molecular flexibility index (Phi) is 6.47. The number of aliphatic imine (C=N–C) groups is 1. The van der Waals surface area contributed by atoms with E-state index in [1.54, 1.807) is 33.4 Å². The minimum absolute atomic E-state index is 0.229. The number of para-hydroxylation sites is 2. The zero-order valence-electron chi connectivity index (χ0n) is 16.6. The van der Waals surface area contributed by atoms with Crippen LogP contribution in [0.3, 0.4) is 0 Å². The van der Waals surface area contributed by atoms with E-state index in [4.69, 9.17) is 9.47 Å². The van der Waals surface area contributed by atoms with Gasteiger partial charge in [-0.05, 0) is 36.8 Å². The number of methoxy groups -OCH3 is 2. The van der Waals surface area contributed by atoms with Crippen LogP contribution in [0.1, 0.15) is 12.0 Å². The molecular weight excluding hydrogens is 356 g/mol.